The number of fused-ring (bicyclic) bond motifs is 1. The molecule has 1 heterocycles. The molecule has 3 aromatic rings. The molecule has 0 aliphatic carbocycles. The van der Waals surface area contributed by atoms with Crippen molar-refractivity contribution in [3.8, 4) is 0 Å². The van der Waals surface area contributed by atoms with E-state index in [1.54, 1.807) is 24.3 Å². The molecule has 0 aliphatic heterocycles. The van der Waals surface area contributed by atoms with Crippen LogP contribution in [0.3, 0.4) is 0 Å². The van der Waals surface area contributed by atoms with Gasteiger partial charge in [0, 0.05) is 41.4 Å². The van der Waals surface area contributed by atoms with Crippen LogP contribution in [0.15, 0.2) is 54.7 Å². The van der Waals surface area contributed by atoms with Crippen LogP contribution in [0.4, 0.5) is 5.69 Å². The van der Waals surface area contributed by atoms with Crippen LogP contribution >= 0.6 is 0 Å². The Hall–Kier alpha value is -3.12. The number of aromatic nitrogens is 1. The van der Waals surface area contributed by atoms with Crippen molar-refractivity contribution >= 4 is 28.5 Å². The summed E-state index contributed by atoms with van der Waals surface area (Å²) in [7, 11) is 5.43. The van der Waals surface area contributed by atoms with Gasteiger partial charge < -0.3 is 19.5 Å². The zero-order chi connectivity index (χ0) is 19.4. The highest BCUT2D eigenvalue weighted by Crippen LogP contribution is 2.21. The molecule has 0 saturated carbocycles. The van der Waals surface area contributed by atoms with E-state index in [-0.39, 0.29) is 5.91 Å². The van der Waals surface area contributed by atoms with E-state index in [4.69, 9.17) is 0 Å². The van der Waals surface area contributed by atoms with E-state index < -0.39 is 5.97 Å². The van der Waals surface area contributed by atoms with Gasteiger partial charge in [0.25, 0.3) is 5.91 Å². The molecule has 6 nitrogen and oxygen atoms in total. The summed E-state index contributed by atoms with van der Waals surface area (Å²) < 4.78 is 6.86. The number of likely N-dealkylation sites (N-methyl/N-ethyl adjacent to an activating group) is 1. The lowest BCUT2D eigenvalue weighted by atomic mass is 10.1. The van der Waals surface area contributed by atoms with Crippen LogP contribution < -0.4 is 5.32 Å². The molecule has 1 amide bonds. The average molecular weight is 365 g/mol. The van der Waals surface area contributed by atoms with Crippen LogP contribution in [0.25, 0.3) is 10.9 Å². The van der Waals surface area contributed by atoms with Crippen molar-refractivity contribution < 1.29 is 14.3 Å². The molecule has 2 aromatic carbocycles. The number of carbonyl (C=O) groups excluding carboxylic acids is 2. The van der Waals surface area contributed by atoms with Crippen molar-refractivity contribution in [1.29, 1.82) is 0 Å². The highest BCUT2D eigenvalue weighted by Gasteiger charge is 2.10. The van der Waals surface area contributed by atoms with E-state index in [0.717, 1.165) is 29.7 Å². The van der Waals surface area contributed by atoms with Crippen LogP contribution in [0.2, 0.25) is 0 Å². The van der Waals surface area contributed by atoms with Gasteiger partial charge in [0.15, 0.2) is 0 Å². The first-order chi connectivity index (χ1) is 13.0. The van der Waals surface area contributed by atoms with E-state index in [9.17, 15) is 9.59 Å². The molecule has 0 saturated heterocycles. The second kappa shape index (κ2) is 8.05. The Labute approximate surface area is 158 Å². The topological polar surface area (TPSA) is 63.6 Å². The van der Waals surface area contributed by atoms with Crippen LogP contribution in [0.5, 0.6) is 0 Å². The number of rotatable bonds is 6. The molecule has 6 heteroatoms. The number of methoxy groups -OCH3 is 1. The number of carbonyl (C=O) groups is 2. The molecule has 0 atom stereocenters. The third-order valence-electron chi connectivity index (χ3n) is 4.39. The number of esters is 1. The molecule has 0 fully saturated rings. The van der Waals surface area contributed by atoms with Crippen molar-refractivity contribution in [2.75, 3.05) is 33.1 Å². The normalized spacial score (nSPS) is 11.0. The molecule has 0 radical (unpaired) electrons. The van der Waals surface area contributed by atoms with Crippen molar-refractivity contribution in [1.82, 2.24) is 9.47 Å². The Balaban J connectivity index is 1.72. The maximum absolute atomic E-state index is 12.4. The maximum atomic E-state index is 12.4. The first kappa shape index (κ1) is 18.7. The predicted octanol–water partition coefficient (Wildman–Crippen LogP) is 3.24. The number of ether oxygens (including phenoxy) is 1. The van der Waals surface area contributed by atoms with Gasteiger partial charge in [0.05, 0.1) is 12.7 Å². The predicted molar refractivity (Wildman–Crippen MR) is 106 cm³/mol. The van der Waals surface area contributed by atoms with Crippen LogP contribution in [-0.4, -0.2) is 49.1 Å². The van der Waals surface area contributed by atoms with Crippen LogP contribution in [-0.2, 0) is 11.3 Å². The smallest absolute Gasteiger partial charge is 0.337 e. The van der Waals surface area contributed by atoms with E-state index in [1.165, 1.54) is 7.11 Å². The fourth-order valence-electron chi connectivity index (χ4n) is 2.86. The summed E-state index contributed by atoms with van der Waals surface area (Å²) in [4.78, 5) is 26.1. The quantitative estimate of drug-likeness (QED) is 0.681. The number of hydrogen-bond donors (Lipinski definition) is 1. The van der Waals surface area contributed by atoms with Crippen molar-refractivity contribution in [2.24, 2.45) is 0 Å². The summed E-state index contributed by atoms with van der Waals surface area (Å²) in [5.41, 5.74) is 2.76. The molecular weight excluding hydrogens is 342 g/mol. The number of anilines is 1. The summed E-state index contributed by atoms with van der Waals surface area (Å²) in [6.07, 6.45) is 2.06. The van der Waals surface area contributed by atoms with Gasteiger partial charge in [0.1, 0.15) is 0 Å². The second-order valence-corrected chi connectivity index (χ2v) is 6.61. The highest BCUT2D eigenvalue weighted by molar-refractivity contribution is 6.05. The van der Waals surface area contributed by atoms with E-state index >= 15 is 0 Å². The van der Waals surface area contributed by atoms with E-state index in [0.29, 0.717) is 11.1 Å². The fraction of sp³-hybridized carbons (Fsp3) is 0.238. The van der Waals surface area contributed by atoms with Crippen molar-refractivity contribution in [3.63, 3.8) is 0 Å². The third-order valence-corrected chi connectivity index (χ3v) is 4.39. The zero-order valence-corrected chi connectivity index (χ0v) is 15.7. The van der Waals surface area contributed by atoms with Crippen molar-refractivity contribution in [2.45, 2.75) is 6.54 Å². The summed E-state index contributed by atoms with van der Waals surface area (Å²) >= 11 is 0. The molecule has 140 valence electrons. The molecule has 0 bridgehead atoms. The maximum Gasteiger partial charge on any atom is 0.337 e. The summed E-state index contributed by atoms with van der Waals surface area (Å²) in [6.45, 7) is 1.87. The number of nitrogens with zero attached hydrogens (tertiary/aromatic N) is 2. The molecule has 3 rings (SSSR count). The molecule has 0 aliphatic rings. The Bertz CT molecular complexity index is 958. The van der Waals surface area contributed by atoms with Crippen LogP contribution in [0.1, 0.15) is 20.7 Å². The monoisotopic (exact) mass is 365 g/mol. The Kier molecular flexibility index (Phi) is 5.57. The minimum absolute atomic E-state index is 0.224. The zero-order valence-electron chi connectivity index (χ0n) is 15.7. The molecule has 1 aromatic heterocycles. The largest absolute Gasteiger partial charge is 0.465 e. The Morgan fingerprint density at radius 2 is 1.74 bits per heavy atom. The Morgan fingerprint density at radius 1 is 1.04 bits per heavy atom. The molecule has 0 unspecified atom stereocenters. The standard InChI is InChI=1S/C21H23N3O3/c1-23(2)12-13-24-11-10-17-14-18(8-9-19(17)24)22-20(25)15-4-6-16(7-5-15)21(26)27-3/h4-11,14H,12-13H2,1-3H3,(H,22,25). The second-order valence-electron chi connectivity index (χ2n) is 6.61. The summed E-state index contributed by atoms with van der Waals surface area (Å²) in [6, 6.07) is 14.3. The molecular formula is C21H23N3O3. The Morgan fingerprint density at radius 3 is 2.41 bits per heavy atom. The van der Waals surface area contributed by atoms with Gasteiger partial charge >= 0.3 is 5.97 Å². The number of benzene rings is 2. The van der Waals surface area contributed by atoms with Gasteiger partial charge in [0.2, 0.25) is 0 Å². The lowest BCUT2D eigenvalue weighted by Gasteiger charge is -2.11. The summed E-state index contributed by atoms with van der Waals surface area (Å²) in [5.74, 6) is -0.649. The highest BCUT2D eigenvalue weighted by atomic mass is 16.5. The minimum atomic E-state index is -0.425. The van der Waals surface area contributed by atoms with E-state index in [2.05, 4.69) is 39.8 Å². The summed E-state index contributed by atoms with van der Waals surface area (Å²) in [5, 5.41) is 3.98. The number of amides is 1. The fourth-order valence-corrected chi connectivity index (χ4v) is 2.86. The minimum Gasteiger partial charge on any atom is -0.465 e. The van der Waals surface area contributed by atoms with Crippen LogP contribution in [0, 0.1) is 0 Å². The van der Waals surface area contributed by atoms with Gasteiger partial charge in [-0.3, -0.25) is 4.79 Å². The third kappa shape index (κ3) is 4.35. The van der Waals surface area contributed by atoms with Gasteiger partial charge in [-0.05, 0) is 62.6 Å². The number of nitrogens with one attached hydrogen (secondary N) is 1. The van der Waals surface area contributed by atoms with Gasteiger partial charge in [-0.15, -0.1) is 0 Å². The molecule has 27 heavy (non-hydrogen) atoms. The first-order valence-corrected chi connectivity index (χ1v) is 8.71. The number of hydrogen-bond acceptors (Lipinski definition) is 4. The van der Waals surface area contributed by atoms with Gasteiger partial charge in [-0.1, -0.05) is 0 Å². The van der Waals surface area contributed by atoms with Gasteiger partial charge in [-0.25, -0.2) is 4.79 Å². The SMILES string of the molecule is COC(=O)c1ccc(C(=O)Nc2ccc3c(ccn3CCN(C)C)c2)cc1. The average Bonchev–Trinajstić information content (AvgIpc) is 3.08. The van der Waals surface area contributed by atoms with Gasteiger partial charge in [-0.2, -0.15) is 0 Å². The molecule has 0 spiro atoms. The molecule has 1 N–H and O–H groups in total. The first-order valence-electron chi connectivity index (χ1n) is 8.71. The lowest BCUT2D eigenvalue weighted by Crippen LogP contribution is -2.17. The lowest BCUT2D eigenvalue weighted by molar-refractivity contribution is 0.0600. The van der Waals surface area contributed by atoms with Crippen molar-refractivity contribution in [3.05, 3.63) is 65.9 Å². The van der Waals surface area contributed by atoms with E-state index in [1.807, 2.05) is 24.3 Å².